The number of nitrogens with one attached hydrogen (secondary N) is 3. The summed E-state index contributed by atoms with van der Waals surface area (Å²) >= 11 is 0. The number of carbonyl (C=O) groups excluding carboxylic acids is 3. The van der Waals surface area contributed by atoms with Gasteiger partial charge in [-0.25, -0.2) is 4.79 Å². The van der Waals surface area contributed by atoms with Crippen LogP contribution in [0, 0.1) is 0 Å². The molecule has 9 nitrogen and oxygen atoms in total. The summed E-state index contributed by atoms with van der Waals surface area (Å²) in [5.41, 5.74) is 0.723. The van der Waals surface area contributed by atoms with Gasteiger partial charge in [0, 0.05) is 18.8 Å². The minimum atomic E-state index is -4.48. The fraction of sp³-hybridized carbons (Fsp3) is 0.591. The molecule has 12 heteroatoms. The summed E-state index contributed by atoms with van der Waals surface area (Å²) in [6.45, 7) is 2.36. The predicted octanol–water partition coefficient (Wildman–Crippen LogP) is 2.67. The van der Waals surface area contributed by atoms with Crippen molar-refractivity contribution in [3.05, 3.63) is 23.8 Å². The first-order chi connectivity index (χ1) is 15.9. The van der Waals surface area contributed by atoms with Crippen LogP contribution in [0.1, 0.15) is 43.5 Å². The smallest absolute Gasteiger partial charge is 0.405 e. The number of halogens is 3. The van der Waals surface area contributed by atoms with E-state index in [1.54, 1.807) is 30.1 Å². The molecule has 0 unspecified atom stereocenters. The predicted molar refractivity (Wildman–Crippen MR) is 117 cm³/mol. The minimum absolute atomic E-state index is 0.0526. The number of rotatable bonds is 5. The molecule has 1 fully saturated rings. The molecule has 0 spiro atoms. The van der Waals surface area contributed by atoms with Crippen molar-refractivity contribution in [2.45, 2.75) is 63.6 Å². The number of fused-ring (bicyclic) bond motifs is 2. The van der Waals surface area contributed by atoms with Gasteiger partial charge in [-0.2, -0.15) is 13.2 Å². The number of likely N-dealkylation sites (N-methyl/N-ethyl adjacent to an activating group) is 1. The second-order valence-electron chi connectivity index (χ2n) is 8.73. The Hall–Kier alpha value is -3.02. The molecule has 188 valence electrons. The van der Waals surface area contributed by atoms with E-state index in [1.807, 2.05) is 19.2 Å². The number of anilines is 1. The molecular weight excluding hydrogens is 457 g/mol. The average molecular weight is 486 g/mol. The molecular formula is C22H29F3N4O5. The van der Waals surface area contributed by atoms with Crippen LogP contribution >= 0.6 is 0 Å². The molecule has 2 aliphatic heterocycles. The Kier molecular flexibility index (Phi) is 7.90. The number of hydrogen-bond donors (Lipinski definition) is 3. The van der Waals surface area contributed by atoms with Crippen LogP contribution in [0.3, 0.4) is 0 Å². The minimum Gasteiger partial charge on any atom is -0.490 e. The molecule has 4 amide bonds. The lowest BCUT2D eigenvalue weighted by atomic mass is 9.94. The van der Waals surface area contributed by atoms with Crippen molar-refractivity contribution in [1.29, 1.82) is 0 Å². The maximum absolute atomic E-state index is 13.2. The number of urea groups is 1. The molecule has 34 heavy (non-hydrogen) atoms. The first kappa shape index (κ1) is 25.6. The summed E-state index contributed by atoms with van der Waals surface area (Å²) < 4.78 is 48.7. The zero-order valence-electron chi connectivity index (χ0n) is 19.2. The molecule has 1 aromatic carbocycles. The van der Waals surface area contributed by atoms with Gasteiger partial charge in [-0.3, -0.25) is 9.59 Å². The van der Waals surface area contributed by atoms with Gasteiger partial charge in [-0.1, -0.05) is 0 Å². The SMILES string of the molecule is CC(C)NC(=O)Nc1ccc2c(c1)C(=O)N(C)[C@H]1CC[C@H](CC(=O)NCC(F)(F)F)O[C@@H]1CO2. The fourth-order valence-electron chi connectivity index (χ4n) is 4.01. The number of alkyl halides is 3. The topological polar surface area (TPSA) is 109 Å². The molecule has 0 radical (unpaired) electrons. The Bertz CT molecular complexity index is 924. The van der Waals surface area contributed by atoms with Crippen LogP contribution in [0.5, 0.6) is 5.75 Å². The van der Waals surface area contributed by atoms with Crippen LogP contribution in [-0.4, -0.2) is 73.4 Å². The van der Waals surface area contributed by atoms with Crippen molar-refractivity contribution in [2.75, 3.05) is 25.5 Å². The van der Waals surface area contributed by atoms with E-state index in [2.05, 4.69) is 10.6 Å². The van der Waals surface area contributed by atoms with Crippen LogP contribution in [0.4, 0.5) is 23.7 Å². The van der Waals surface area contributed by atoms with Crippen LogP contribution in [-0.2, 0) is 9.53 Å². The quantitative estimate of drug-likeness (QED) is 0.593. The molecule has 2 heterocycles. The Morgan fingerprint density at radius 2 is 1.97 bits per heavy atom. The first-order valence-electron chi connectivity index (χ1n) is 11.0. The molecule has 3 rings (SSSR count). The van der Waals surface area contributed by atoms with Gasteiger partial charge < -0.3 is 30.3 Å². The Morgan fingerprint density at radius 3 is 2.65 bits per heavy atom. The molecule has 2 aliphatic rings. The molecule has 3 N–H and O–H groups in total. The molecule has 1 aromatic rings. The number of ether oxygens (including phenoxy) is 2. The van der Waals surface area contributed by atoms with Gasteiger partial charge in [-0.15, -0.1) is 0 Å². The third-order valence-electron chi connectivity index (χ3n) is 5.59. The van der Waals surface area contributed by atoms with Crippen LogP contribution in [0.2, 0.25) is 0 Å². The number of amides is 4. The van der Waals surface area contributed by atoms with Crippen LogP contribution < -0.4 is 20.7 Å². The van der Waals surface area contributed by atoms with E-state index in [0.29, 0.717) is 24.3 Å². The third-order valence-corrected chi connectivity index (χ3v) is 5.59. The van der Waals surface area contributed by atoms with E-state index >= 15 is 0 Å². The van der Waals surface area contributed by atoms with Gasteiger partial charge in [0.25, 0.3) is 5.91 Å². The molecule has 0 aliphatic carbocycles. The largest absolute Gasteiger partial charge is 0.490 e. The summed E-state index contributed by atoms with van der Waals surface area (Å²) in [4.78, 5) is 38.6. The standard InChI is InChI=1S/C22H29F3N4O5/c1-12(2)27-21(32)28-13-4-7-17-15(8-13)20(31)29(3)16-6-5-14(34-18(16)10-33-17)9-19(30)26-11-22(23,24)25/h4,7-8,12,14,16,18H,5-6,9-11H2,1-3H3,(H,26,30)(H2,27,28,32)/t14-,16+,18-/m1/s1. The van der Waals surface area contributed by atoms with E-state index in [1.165, 1.54) is 0 Å². The summed E-state index contributed by atoms with van der Waals surface area (Å²) in [5.74, 6) is -0.745. The first-order valence-corrected chi connectivity index (χ1v) is 11.0. The summed E-state index contributed by atoms with van der Waals surface area (Å²) in [6.07, 6.45) is -4.91. The number of hydrogen-bond acceptors (Lipinski definition) is 5. The van der Waals surface area contributed by atoms with Gasteiger partial charge in [0.05, 0.1) is 24.1 Å². The van der Waals surface area contributed by atoms with Crippen molar-refractivity contribution < 1.29 is 37.0 Å². The monoisotopic (exact) mass is 486 g/mol. The molecule has 3 atom stereocenters. The Labute approximate surface area is 195 Å². The van der Waals surface area contributed by atoms with Crippen molar-refractivity contribution in [3.63, 3.8) is 0 Å². The van der Waals surface area contributed by atoms with E-state index in [-0.39, 0.29) is 36.6 Å². The Morgan fingerprint density at radius 1 is 1.24 bits per heavy atom. The second-order valence-corrected chi connectivity index (χ2v) is 8.73. The second kappa shape index (κ2) is 10.5. The van der Waals surface area contributed by atoms with Gasteiger partial charge in [-0.05, 0) is 44.9 Å². The molecule has 0 aromatic heterocycles. The summed E-state index contributed by atoms with van der Waals surface area (Å²) in [5, 5.41) is 7.24. The van der Waals surface area contributed by atoms with Crippen molar-refractivity contribution in [3.8, 4) is 5.75 Å². The highest BCUT2D eigenvalue weighted by molar-refractivity contribution is 5.99. The lowest BCUT2D eigenvalue weighted by molar-refractivity contribution is -0.144. The van der Waals surface area contributed by atoms with Gasteiger partial charge >= 0.3 is 12.2 Å². The third kappa shape index (κ3) is 6.75. The van der Waals surface area contributed by atoms with Gasteiger partial charge in [0.2, 0.25) is 5.91 Å². The number of benzene rings is 1. The maximum Gasteiger partial charge on any atom is 0.405 e. The Balaban J connectivity index is 1.67. The van der Waals surface area contributed by atoms with E-state index in [0.717, 1.165) is 0 Å². The lowest BCUT2D eigenvalue weighted by Crippen LogP contribution is -2.54. The average Bonchev–Trinajstić information content (AvgIpc) is 2.74. The highest BCUT2D eigenvalue weighted by atomic mass is 19.4. The van der Waals surface area contributed by atoms with Crippen LogP contribution in [0.25, 0.3) is 0 Å². The van der Waals surface area contributed by atoms with Crippen molar-refractivity contribution >= 4 is 23.5 Å². The normalized spacial score (nSPS) is 22.6. The zero-order valence-corrected chi connectivity index (χ0v) is 19.2. The van der Waals surface area contributed by atoms with E-state index in [4.69, 9.17) is 9.47 Å². The molecule has 0 bridgehead atoms. The lowest BCUT2D eigenvalue weighted by Gasteiger charge is -2.42. The highest BCUT2D eigenvalue weighted by Crippen LogP contribution is 2.32. The van der Waals surface area contributed by atoms with Gasteiger partial charge in [0.15, 0.2) is 0 Å². The van der Waals surface area contributed by atoms with Gasteiger partial charge in [0.1, 0.15) is 25.0 Å². The molecule has 0 saturated carbocycles. The van der Waals surface area contributed by atoms with Crippen molar-refractivity contribution in [1.82, 2.24) is 15.5 Å². The van der Waals surface area contributed by atoms with E-state index < -0.39 is 36.9 Å². The zero-order chi connectivity index (χ0) is 25.0. The summed E-state index contributed by atoms with van der Waals surface area (Å²) in [7, 11) is 1.64. The summed E-state index contributed by atoms with van der Waals surface area (Å²) in [6, 6.07) is 3.96. The number of nitrogens with zero attached hydrogens (tertiary/aromatic N) is 1. The van der Waals surface area contributed by atoms with Crippen LogP contribution in [0.15, 0.2) is 18.2 Å². The number of carbonyl (C=O) groups is 3. The highest BCUT2D eigenvalue weighted by Gasteiger charge is 2.39. The maximum atomic E-state index is 13.2. The molecule has 1 saturated heterocycles. The fourth-order valence-corrected chi connectivity index (χ4v) is 4.01. The van der Waals surface area contributed by atoms with E-state index in [9.17, 15) is 27.6 Å². The van der Waals surface area contributed by atoms with Crippen molar-refractivity contribution in [2.24, 2.45) is 0 Å².